The molecule has 0 spiro atoms. The molecule has 100 valence electrons. The summed E-state index contributed by atoms with van der Waals surface area (Å²) in [7, 11) is 0. The van der Waals surface area contributed by atoms with Crippen molar-refractivity contribution in [1.29, 1.82) is 0 Å². The van der Waals surface area contributed by atoms with Crippen molar-refractivity contribution < 1.29 is 9.53 Å². The molecule has 0 aliphatic heterocycles. The Morgan fingerprint density at radius 1 is 1.15 bits per heavy atom. The Morgan fingerprint density at radius 2 is 2.00 bits per heavy atom. The molecule has 0 saturated carbocycles. The number of para-hydroxylation sites is 1. The number of carbonyl (C=O) groups is 1. The molecule has 2 aromatic carbocycles. The number of benzene rings is 2. The van der Waals surface area contributed by atoms with Gasteiger partial charge in [-0.25, -0.2) is 4.79 Å². The van der Waals surface area contributed by atoms with Crippen LogP contribution in [-0.2, 0) is 11.3 Å². The number of nitrogens with one attached hydrogen (secondary N) is 1. The Balaban J connectivity index is 1.76. The van der Waals surface area contributed by atoms with Crippen LogP contribution in [0.1, 0.15) is 15.9 Å². The summed E-state index contributed by atoms with van der Waals surface area (Å²) in [4.78, 5) is 15.2. The van der Waals surface area contributed by atoms with Crippen LogP contribution in [0.4, 0.5) is 5.69 Å². The summed E-state index contributed by atoms with van der Waals surface area (Å²) in [6, 6.07) is 14.9. The lowest BCUT2D eigenvalue weighted by Gasteiger charge is -2.05. The Kier molecular flexibility index (Phi) is 3.13. The number of ether oxygens (including phenoxy) is 1. The molecule has 0 unspecified atom stereocenters. The van der Waals surface area contributed by atoms with E-state index in [4.69, 9.17) is 10.5 Å². The van der Waals surface area contributed by atoms with Gasteiger partial charge in [-0.05, 0) is 23.8 Å². The highest BCUT2D eigenvalue weighted by atomic mass is 16.5. The standard InChI is InChI=1S/C16H14N2O2/c17-12-5-3-4-11(8-12)10-20-16(19)14-9-18-15-7-2-1-6-13(14)15/h1-9,18H,10,17H2. The minimum atomic E-state index is -0.343. The lowest BCUT2D eigenvalue weighted by atomic mass is 10.2. The van der Waals surface area contributed by atoms with Gasteiger partial charge in [0.15, 0.2) is 0 Å². The van der Waals surface area contributed by atoms with E-state index in [9.17, 15) is 4.79 Å². The predicted octanol–water partition coefficient (Wildman–Crippen LogP) is 3.11. The van der Waals surface area contributed by atoms with Crippen LogP contribution >= 0.6 is 0 Å². The molecule has 1 aromatic heterocycles. The molecule has 20 heavy (non-hydrogen) atoms. The van der Waals surface area contributed by atoms with Crippen LogP contribution in [0.5, 0.6) is 0 Å². The first-order chi connectivity index (χ1) is 9.74. The van der Waals surface area contributed by atoms with Crippen molar-refractivity contribution in [2.45, 2.75) is 6.61 Å². The van der Waals surface area contributed by atoms with Gasteiger partial charge in [0.2, 0.25) is 0 Å². The lowest BCUT2D eigenvalue weighted by Crippen LogP contribution is -2.04. The van der Waals surface area contributed by atoms with Crippen molar-refractivity contribution in [2.75, 3.05) is 5.73 Å². The molecule has 0 aliphatic carbocycles. The summed E-state index contributed by atoms with van der Waals surface area (Å²) >= 11 is 0. The molecule has 3 rings (SSSR count). The van der Waals surface area contributed by atoms with Crippen LogP contribution in [0.25, 0.3) is 10.9 Å². The zero-order valence-corrected chi connectivity index (χ0v) is 10.8. The van der Waals surface area contributed by atoms with Gasteiger partial charge in [0.25, 0.3) is 0 Å². The Labute approximate surface area is 116 Å². The van der Waals surface area contributed by atoms with Crippen molar-refractivity contribution in [2.24, 2.45) is 0 Å². The highest BCUT2D eigenvalue weighted by molar-refractivity contribution is 6.03. The second-order valence-electron chi connectivity index (χ2n) is 4.57. The molecule has 4 nitrogen and oxygen atoms in total. The van der Waals surface area contributed by atoms with E-state index >= 15 is 0 Å². The molecular formula is C16H14N2O2. The zero-order valence-electron chi connectivity index (χ0n) is 10.8. The summed E-state index contributed by atoms with van der Waals surface area (Å²) in [6.07, 6.45) is 1.67. The number of aromatic amines is 1. The Hall–Kier alpha value is -2.75. The number of carbonyl (C=O) groups excluding carboxylic acids is 1. The van der Waals surface area contributed by atoms with E-state index in [1.807, 2.05) is 36.4 Å². The molecular weight excluding hydrogens is 252 g/mol. The second-order valence-corrected chi connectivity index (χ2v) is 4.57. The van der Waals surface area contributed by atoms with E-state index in [1.54, 1.807) is 18.3 Å². The smallest absolute Gasteiger partial charge is 0.340 e. The number of hydrogen-bond donors (Lipinski definition) is 2. The maximum atomic E-state index is 12.1. The molecule has 0 saturated heterocycles. The second kappa shape index (κ2) is 5.09. The van der Waals surface area contributed by atoms with E-state index in [0.717, 1.165) is 16.5 Å². The fourth-order valence-electron chi connectivity index (χ4n) is 2.15. The normalized spacial score (nSPS) is 10.6. The fraction of sp³-hybridized carbons (Fsp3) is 0.0625. The van der Waals surface area contributed by atoms with Crippen LogP contribution in [0.3, 0.4) is 0 Å². The molecule has 0 radical (unpaired) electrons. The number of hydrogen-bond acceptors (Lipinski definition) is 3. The Bertz CT molecular complexity index is 762. The zero-order chi connectivity index (χ0) is 13.9. The molecule has 0 fully saturated rings. The first-order valence-electron chi connectivity index (χ1n) is 6.32. The maximum absolute atomic E-state index is 12.1. The first-order valence-corrected chi connectivity index (χ1v) is 6.32. The number of anilines is 1. The summed E-state index contributed by atoms with van der Waals surface area (Å²) in [5.74, 6) is -0.343. The highest BCUT2D eigenvalue weighted by Crippen LogP contribution is 2.19. The van der Waals surface area contributed by atoms with Crippen molar-refractivity contribution in [3.63, 3.8) is 0 Å². The Morgan fingerprint density at radius 3 is 2.85 bits per heavy atom. The molecule has 1 heterocycles. The summed E-state index contributed by atoms with van der Waals surface area (Å²) in [5.41, 5.74) is 8.69. The van der Waals surface area contributed by atoms with Crippen LogP contribution in [0, 0.1) is 0 Å². The van der Waals surface area contributed by atoms with E-state index in [2.05, 4.69) is 4.98 Å². The molecule has 3 aromatic rings. The van der Waals surface area contributed by atoms with E-state index in [1.165, 1.54) is 0 Å². The van der Waals surface area contributed by atoms with Crippen molar-refractivity contribution >= 4 is 22.6 Å². The average Bonchev–Trinajstić information content (AvgIpc) is 2.89. The lowest BCUT2D eigenvalue weighted by molar-refractivity contribution is 0.0475. The SMILES string of the molecule is Nc1cccc(COC(=O)c2c[nH]c3ccccc23)c1. The van der Waals surface area contributed by atoms with Crippen molar-refractivity contribution in [1.82, 2.24) is 4.98 Å². The third-order valence-electron chi connectivity index (χ3n) is 3.13. The fourth-order valence-corrected chi connectivity index (χ4v) is 2.15. The minimum Gasteiger partial charge on any atom is -0.457 e. The molecule has 0 atom stereocenters. The van der Waals surface area contributed by atoms with Crippen LogP contribution in [0.2, 0.25) is 0 Å². The summed E-state index contributed by atoms with van der Waals surface area (Å²) in [6.45, 7) is 0.212. The largest absolute Gasteiger partial charge is 0.457 e. The predicted molar refractivity (Wildman–Crippen MR) is 78.3 cm³/mol. The monoisotopic (exact) mass is 266 g/mol. The third kappa shape index (κ3) is 2.36. The van der Waals surface area contributed by atoms with Gasteiger partial charge in [-0.2, -0.15) is 0 Å². The van der Waals surface area contributed by atoms with Gasteiger partial charge in [-0.3, -0.25) is 0 Å². The van der Waals surface area contributed by atoms with Crippen LogP contribution in [0.15, 0.2) is 54.7 Å². The van der Waals surface area contributed by atoms with Gasteiger partial charge in [0, 0.05) is 22.8 Å². The summed E-state index contributed by atoms with van der Waals surface area (Å²) < 4.78 is 5.32. The molecule has 0 amide bonds. The number of nitrogens with two attached hydrogens (primary N) is 1. The average molecular weight is 266 g/mol. The molecule has 0 aliphatic rings. The summed E-state index contributed by atoms with van der Waals surface area (Å²) in [5, 5.41) is 0.866. The van der Waals surface area contributed by atoms with Crippen LogP contribution in [-0.4, -0.2) is 11.0 Å². The highest BCUT2D eigenvalue weighted by Gasteiger charge is 2.12. The van der Waals surface area contributed by atoms with Gasteiger partial charge in [-0.1, -0.05) is 30.3 Å². The van der Waals surface area contributed by atoms with E-state index < -0.39 is 0 Å². The number of fused-ring (bicyclic) bond motifs is 1. The number of esters is 1. The van der Waals surface area contributed by atoms with E-state index in [0.29, 0.717) is 11.3 Å². The molecule has 3 N–H and O–H groups in total. The van der Waals surface area contributed by atoms with Crippen molar-refractivity contribution in [3.05, 3.63) is 65.9 Å². The molecule has 4 heteroatoms. The van der Waals surface area contributed by atoms with Crippen LogP contribution < -0.4 is 5.73 Å². The van der Waals surface area contributed by atoms with Gasteiger partial charge >= 0.3 is 5.97 Å². The van der Waals surface area contributed by atoms with Gasteiger partial charge < -0.3 is 15.5 Å². The quantitative estimate of drug-likeness (QED) is 0.565. The molecule has 0 bridgehead atoms. The topological polar surface area (TPSA) is 68.1 Å². The van der Waals surface area contributed by atoms with Gasteiger partial charge in [0.1, 0.15) is 6.61 Å². The number of aromatic nitrogens is 1. The van der Waals surface area contributed by atoms with E-state index in [-0.39, 0.29) is 12.6 Å². The number of rotatable bonds is 3. The van der Waals surface area contributed by atoms with Gasteiger partial charge in [0.05, 0.1) is 5.56 Å². The maximum Gasteiger partial charge on any atom is 0.340 e. The first kappa shape index (κ1) is 12.3. The van der Waals surface area contributed by atoms with Gasteiger partial charge in [-0.15, -0.1) is 0 Å². The number of H-pyrrole nitrogens is 1. The number of nitrogen functional groups attached to an aromatic ring is 1. The minimum absolute atomic E-state index is 0.212. The van der Waals surface area contributed by atoms with Crippen molar-refractivity contribution in [3.8, 4) is 0 Å². The third-order valence-corrected chi connectivity index (χ3v) is 3.13.